The van der Waals surface area contributed by atoms with Gasteiger partial charge >= 0.3 is 0 Å². The molecule has 0 aliphatic heterocycles. The van der Waals surface area contributed by atoms with Crippen LogP contribution < -0.4 is 0 Å². The maximum Gasteiger partial charge on any atom is 0.253 e. The summed E-state index contributed by atoms with van der Waals surface area (Å²) in [4.78, 5) is 0. The van der Waals surface area contributed by atoms with Crippen molar-refractivity contribution in [2.45, 2.75) is 4.71 Å². The van der Waals surface area contributed by atoms with Crippen molar-refractivity contribution in [1.82, 2.24) is 0 Å². The largest absolute Gasteiger partial charge is 0.253 e. The van der Waals surface area contributed by atoms with Crippen LogP contribution in [0.1, 0.15) is 10.3 Å². The third-order valence-electron chi connectivity index (χ3n) is 1.40. The first kappa shape index (κ1) is 10.8. The minimum absolute atomic E-state index is 0.140. The van der Waals surface area contributed by atoms with Gasteiger partial charge in [-0.3, -0.25) is 0 Å². The van der Waals surface area contributed by atoms with E-state index in [0.29, 0.717) is 0 Å². The summed E-state index contributed by atoms with van der Waals surface area (Å²) in [7, 11) is 0.983. The second-order valence-corrected chi connectivity index (χ2v) is 5.72. The normalized spacial score (nSPS) is 14.1. The van der Waals surface area contributed by atoms with Crippen molar-refractivity contribution in [2.75, 3.05) is 0 Å². The first-order valence-electron chi connectivity index (χ1n) is 3.25. The molecule has 0 aliphatic carbocycles. The summed E-state index contributed by atoms with van der Waals surface area (Å²) in [5, 5.41) is 0. The molecule has 0 radical (unpaired) electrons. The summed E-state index contributed by atoms with van der Waals surface area (Å²) in [6.07, 6.45) is 0. The molecule has 0 bridgehead atoms. The molecule has 1 rings (SSSR count). The first-order chi connectivity index (χ1) is 5.93. The van der Waals surface area contributed by atoms with Gasteiger partial charge in [-0.2, -0.15) is 0 Å². The van der Waals surface area contributed by atoms with Gasteiger partial charge < -0.3 is 0 Å². The summed E-state index contributed by atoms with van der Waals surface area (Å²) in [5.41, 5.74) is -0.140. The van der Waals surface area contributed by atoms with Crippen molar-refractivity contribution in [3.63, 3.8) is 0 Å². The zero-order valence-corrected chi connectivity index (χ0v) is 8.57. The molecule has 0 N–H and O–H groups in total. The van der Waals surface area contributed by atoms with E-state index in [1.807, 2.05) is 0 Å². The maximum atomic E-state index is 13.0. The van der Waals surface area contributed by atoms with Crippen molar-refractivity contribution in [1.29, 1.82) is 0 Å². The van der Waals surface area contributed by atoms with Gasteiger partial charge in [0, 0.05) is 16.2 Å². The summed E-state index contributed by atoms with van der Waals surface area (Å²) < 4.78 is 32.9. The van der Waals surface area contributed by atoms with Gasteiger partial charge in [-0.05, 0) is 6.07 Å². The predicted molar refractivity (Wildman–Crippen MR) is 49.8 cm³/mol. The fourth-order valence-electron chi connectivity index (χ4n) is 0.811. The summed E-state index contributed by atoms with van der Waals surface area (Å²) in [6, 6.07) is 5.30. The van der Waals surface area contributed by atoms with Crippen molar-refractivity contribution < 1.29 is 12.8 Å². The summed E-state index contributed by atoms with van der Waals surface area (Å²) in [6.45, 7) is 0. The van der Waals surface area contributed by atoms with Crippen LogP contribution in [0.5, 0.6) is 0 Å². The average Bonchev–Trinajstić information content (AvgIpc) is 2.02. The van der Waals surface area contributed by atoms with Crippen LogP contribution in [0.3, 0.4) is 0 Å². The van der Waals surface area contributed by atoms with E-state index in [4.69, 9.17) is 22.3 Å². The van der Waals surface area contributed by atoms with Crippen molar-refractivity contribution in [3.05, 3.63) is 35.6 Å². The lowest BCUT2D eigenvalue weighted by molar-refractivity contribution is 0.595. The SMILES string of the molecule is O=S(=O)(Cl)C(Cl)c1ccccc1F. The molecule has 13 heavy (non-hydrogen) atoms. The molecular weight excluding hydrogens is 238 g/mol. The minimum atomic E-state index is -3.98. The van der Waals surface area contributed by atoms with Crippen LogP contribution >= 0.6 is 22.3 Å². The van der Waals surface area contributed by atoms with E-state index < -0.39 is 19.6 Å². The van der Waals surface area contributed by atoms with E-state index in [9.17, 15) is 12.8 Å². The molecule has 1 unspecified atom stereocenters. The molecule has 0 fully saturated rings. The number of hydrogen-bond acceptors (Lipinski definition) is 2. The fourth-order valence-corrected chi connectivity index (χ4v) is 1.77. The Morgan fingerprint density at radius 3 is 2.31 bits per heavy atom. The van der Waals surface area contributed by atoms with Crippen LogP contribution in [0.15, 0.2) is 24.3 Å². The van der Waals surface area contributed by atoms with Crippen molar-refractivity contribution >= 4 is 31.3 Å². The van der Waals surface area contributed by atoms with Gasteiger partial charge in [0.2, 0.25) is 0 Å². The molecule has 72 valence electrons. The highest BCUT2D eigenvalue weighted by Gasteiger charge is 2.24. The monoisotopic (exact) mass is 242 g/mol. The molecule has 0 aliphatic rings. The summed E-state index contributed by atoms with van der Waals surface area (Å²) >= 11 is 5.43. The van der Waals surface area contributed by atoms with E-state index in [1.165, 1.54) is 18.2 Å². The van der Waals surface area contributed by atoms with Gasteiger partial charge in [0.1, 0.15) is 5.82 Å². The van der Waals surface area contributed by atoms with E-state index in [1.54, 1.807) is 0 Å². The third-order valence-corrected chi connectivity index (χ3v) is 3.89. The van der Waals surface area contributed by atoms with Gasteiger partial charge in [0.15, 0.2) is 4.71 Å². The highest BCUT2D eigenvalue weighted by Crippen LogP contribution is 2.30. The summed E-state index contributed by atoms with van der Waals surface area (Å²) in [5.74, 6) is -0.688. The highest BCUT2D eigenvalue weighted by molar-refractivity contribution is 8.14. The quantitative estimate of drug-likeness (QED) is 0.591. The molecule has 6 heteroatoms. The Bertz CT molecular complexity index is 405. The van der Waals surface area contributed by atoms with E-state index in [-0.39, 0.29) is 5.56 Å². The molecule has 1 aromatic carbocycles. The van der Waals surface area contributed by atoms with E-state index in [2.05, 4.69) is 0 Å². The lowest BCUT2D eigenvalue weighted by atomic mass is 10.2. The van der Waals surface area contributed by atoms with Gasteiger partial charge in [0.05, 0.1) is 0 Å². The molecule has 0 saturated carbocycles. The van der Waals surface area contributed by atoms with Crippen LogP contribution in [0.2, 0.25) is 0 Å². The highest BCUT2D eigenvalue weighted by atomic mass is 35.7. The van der Waals surface area contributed by atoms with E-state index >= 15 is 0 Å². The van der Waals surface area contributed by atoms with Crippen LogP contribution in [0.4, 0.5) is 4.39 Å². The van der Waals surface area contributed by atoms with Gasteiger partial charge in [-0.25, -0.2) is 12.8 Å². The Balaban J connectivity index is 3.17. The maximum absolute atomic E-state index is 13.0. The number of rotatable bonds is 2. The second kappa shape index (κ2) is 3.82. The number of alkyl halides is 1. The fraction of sp³-hybridized carbons (Fsp3) is 0.143. The van der Waals surface area contributed by atoms with E-state index in [0.717, 1.165) is 6.07 Å². The molecule has 1 aromatic rings. The van der Waals surface area contributed by atoms with Crippen LogP contribution in [-0.2, 0) is 9.05 Å². The molecule has 0 amide bonds. The van der Waals surface area contributed by atoms with Crippen LogP contribution in [0, 0.1) is 5.82 Å². The molecule has 2 nitrogen and oxygen atoms in total. The molecule has 0 spiro atoms. The first-order valence-corrected chi connectivity index (χ1v) is 6.06. The van der Waals surface area contributed by atoms with Crippen molar-refractivity contribution in [3.8, 4) is 0 Å². The third kappa shape index (κ3) is 2.56. The molecule has 0 heterocycles. The lowest BCUT2D eigenvalue weighted by Crippen LogP contribution is -2.02. The van der Waals surface area contributed by atoms with Gasteiger partial charge in [-0.15, -0.1) is 0 Å². The zero-order chi connectivity index (χ0) is 10.1. The Labute approximate surface area is 84.7 Å². The lowest BCUT2D eigenvalue weighted by Gasteiger charge is -2.05. The number of benzene rings is 1. The Morgan fingerprint density at radius 1 is 1.31 bits per heavy atom. The van der Waals surface area contributed by atoms with Gasteiger partial charge in [0.25, 0.3) is 9.05 Å². The predicted octanol–water partition coefficient (Wildman–Crippen LogP) is 2.63. The van der Waals surface area contributed by atoms with Crippen LogP contribution in [-0.4, -0.2) is 8.42 Å². The molecule has 1 atom stereocenters. The average molecular weight is 243 g/mol. The van der Waals surface area contributed by atoms with Crippen LogP contribution in [0.25, 0.3) is 0 Å². The number of halogens is 3. The standard InChI is InChI=1S/C7H5Cl2FO2S/c8-7(13(9,11)12)5-3-1-2-4-6(5)10/h1-4,7H. The Kier molecular flexibility index (Phi) is 3.16. The molecular formula is C7H5Cl2FO2S. The molecule has 0 saturated heterocycles. The van der Waals surface area contributed by atoms with Crippen molar-refractivity contribution in [2.24, 2.45) is 0 Å². The topological polar surface area (TPSA) is 34.1 Å². The second-order valence-electron chi connectivity index (χ2n) is 2.31. The number of hydrogen-bond donors (Lipinski definition) is 0. The smallest absolute Gasteiger partial charge is 0.210 e. The van der Waals surface area contributed by atoms with Gasteiger partial charge in [-0.1, -0.05) is 29.8 Å². The Morgan fingerprint density at radius 2 is 1.85 bits per heavy atom. The Hall–Kier alpha value is -0.320. The minimum Gasteiger partial charge on any atom is -0.210 e. The molecule has 0 aromatic heterocycles. The zero-order valence-electron chi connectivity index (χ0n) is 6.25.